The zero-order valence-electron chi connectivity index (χ0n) is 9.26. The van der Waals surface area contributed by atoms with Gasteiger partial charge >= 0.3 is 0 Å². The number of rotatable bonds is 4. The molecule has 1 amide bonds. The van der Waals surface area contributed by atoms with Crippen LogP contribution < -0.4 is 0 Å². The molecule has 1 saturated carbocycles. The molecule has 2 nitrogen and oxygen atoms in total. The Balaban J connectivity index is 2.45. The van der Waals surface area contributed by atoms with Crippen LogP contribution in [0.5, 0.6) is 0 Å². The molecule has 1 fully saturated rings. The minimum atomic E-state index is 0.314. The Morgan fingerprint density at radius 3 is 2.31 bits per heavy atom. The van der Waals surface area contributed by atoms with Gasteiger partial charge in [0.25, 0.3) is 0 Å². The number of hydrogen-bond acceptors (Lipinski definition) is 1. The first-order chi connectivity index (χ1) is 6.02. The maximum absolute atomic E-state index is 11.7. The Labute approximate surface area is 81.3 Å². The van der Waals surface area contributed by atoms with Gasteiger partial charge in [-0.25, -0.2) is 0 Å². The van der Waals surface area contributed by atoms with Crippen LogP contribution in [0.4, 0.5) is 0 Å². The van der Waals surface area contributed by atoms with Crippen LogP contribution in [0, 0.1) is 11.3 Å². The summed E-state index contributed by atoms with van der Waals surface area (Å²) < 4.78 is 0. The van der Waals surface area contributed by atoms with Gasteiger partial charge in [-0.05, 0) is 31.1 Å². The first kappa shape index (κ1) is 10.6. The summed E-state index contributed by atoms with van der Waals surface area (Å²) >= 11 is 0. The molecule has 1 rings (SSSR count). The summed E-state index contributed by atoms with van der Waals surface area (Å²) in [4.78, 5) is 13.5. The molecule has 0 aliphatic heterocycles. The van der Waals surface area contributed by atoms with Crippen LogP contribution in [0.15, 0.2) is 0 Å². The van der Waals surface area contributed by atoms with Gasteiger partial charge in [0, 0.05) is 20.0 Å². The molecule has 0 spiro atoms. The Bertz CT molecular complexity index is 194. The number of amides is 1. The van der Waals surface area contributed by atoms with Crippen molar-refractivity contribution in [3.63, 3.8) is 0 Å². The van der Waals surface area contributed by atoms with Crippen molar-refractivity contribution in [3.05, 3.63) is 0 Å². The average Bonchev–Trinajstić information content (AvgIpc) is 2.84. The van der Waals surface area contributed by atoms with Gasteiger partial charge < -0.3 is 4.90 Å². The van der Waals surface area contributed by atoms with E-state index in [-0.39, 0.29) is 0 Å². The molecule has 0 heterocycles. The minimum absolute atomic E-state index is 0.314. The van der Waals surface area contributed by atoms with Crippen molar-refractivity contribution in [1.29, 1.82) is 0 Å². The number of nitrogens with zero attached hydrogens (tertiary/aromatic N) is 1. The van der Waals surface area contributed by atoms with Gasteiger partial charge in [-0.3, -0.25) is 4.79 Å². The molecular formula is C11H21NO. The van der Waals surface area contributed by atoms with E-state index in [0.717, 1.165) is 13.0 Å². The number of carbonyl (C=O) groups excluding carboxylic acids is 1. The summed E-state index contributed by atoms with van der Waals surface area (Å²) in [5.74, 6) is 0.968. The molecule has 2 heteroatoms. The predicted molar refractivity (Wildman–Crippen MR) is 54.4 cm³/mol. The van der Waals surface area contributed by atoms with Crippen molar-refractivity contribution in [2.45, 2.75) is 40.0 Å². The molecule has 1 aliphatic rings. The van der Waals surface area contributed by atoms with Crippen molar-refractivity contribution in [3.8, 4) is 0 Å². The van der Waals surface area contributed by atoms with E-state index in [1.165, 1.54) is 12.8 Å². The standard InChI is InChI=1S/C11H21NO/c1-5-12(4)10(13)8-11(6-7-11)9(2)3/h9H,5-8H2,1-4H3. The zero-order valence-corrected chi connectivity index (χ0v) is 9.26. The van der Waals surface area contributed by atoms with Crippen LogP contribution >= 0.6 is 0 Å². The third-order valence-corrected chi connectivity index (χ3v) is 3.52. The summed E-state index contributed by atoms with van der Waals surface area (Å²) in [6.45, 7) is 7.30. The summed E-state index contributed by atoms with van der Waals surface area (Å²) in [5, 5.41) is 0. The van der Waals surface area contributed by atoms with Crippen LogP contribution in [0.2, 0.25) is 0 Å². The SMILES string of the molecule is CCN(C)C(=O)CC1(C(C)C)CC1. The highest BCUT2D eigenvalue weighted by Gasteiger charge is 2.46. The Kier molecular flexibility index (Phi) is 2.99. The Morgan fingerprint density at radius 2 is 2.00 bits per heavy atom. The maximum atomic E-state index is 11.7. The molecule has 0 bridgehead atoms. The van der Waals surface area contributed by atoms with Gasteiger partial charge in [0.2, 0.25) is 5.91 Å². The van der Waals surface area contributed by atoms with E-state index in [0.29, 0.717) is 17.2 Å². The predicted octanol–water partition coefficient (Wildman–Crippen LogP) is 2.29. The molecule has 0 N–H and O–H groups in total. The fourth-order valence-electron chi connectivity index (χ4n) is 1.73. The van der Waals surface area contributed by atoms with Crippen molar-refractivity contribution < 1.29 is 4.79 Å². The molecule has 13 heavy (non-hydrogen) atoms. The van der Waals surface area contributed by atoms with Crippen LogP contribution in [-0.4, -0.2) is 24.4 Å². The third kappa shape index (κ3) is 2.23. The number of hydrogen-bond donors (Lipinski definition) is 0. The maximum Gasteiger partial charge on any atom is 0.222 e. The average molecular weight is 183 g/mol. The third-order valence-electron chi connectivity index (χ3n) is 3.52. The number of carbonyl (C=O) groups is 1. The normalized spacial score (nSPS) is 18.8. The van der Waals surface area contributed by atoms with E-state index in [1.54, 1.807) is 0 Å². The van der Waals surface area contributed by atoms with E-state index in [2.05, 4.69) is 13.8 Å². The van der Waals surface area contributed by atoms with E-state index in [1.807, 2.05) is 18.9 Å². The molecule has 0 aromatic carbocycles. The fourth-order valence-corrected chi connectivity index (χ4v) is 1.73. The molecule has 0 aromatic rings. The molecule has 1 aliphatic carbocycles. The van der Waals surface area contributed by atoms with Gasteiger partial charge in [-0.1, -0.05) is 13.8 Å². The fraction of sp³-hybridized carbons (Fsp3) is 0.909. The molecule has 0 radical (unpaired) electrons. The van der Waals surface area contributed by atoms with Crippen molar-refractivity contribution >= 4 is 5.91 Å². The molecule has 0 unspecified atom stereocenters. The van der Waals surface area contributed by atoms with E-state index in [4.69, 9.17) is 0 Å². The van der Waals surface area contributed by atoms with Crippen LogP contribution in [-0.2, 0) is 4.79 Å². The lowest BCUT2D eigenvalue weighted by Crippen LogP contribution is -2.29. The topological polar surface area (TPSA) is 20.3 Å². The highest BCUT2D eigenvalue weighted by Crippen LogP contribution is 2.54. The van der Waals surface area contributed by atoms with Crippen LogP contribution in [0.25, 0.3) is 0 Å². The smallest absolute Gasteiger partial charge is 0.222 e. The second-order valence-corrected chi connectivity index (χ2v) is 4.60. The summed E-state index contributed by atoms with van der Waals surface area (Å²) in [6.07, 6.45) is 3.25. The quantitative estimate of drug-likeness (QED) is 0.655. The zero-order chi connectivity index (χ0) is 10.1. The molecule has 0 saturated heterocycles. The monoisotopic (exact) mass is 183 g/mol. The van der Waals surface area contributed by atoms with E-state index >= 15 is 0 Å². The van der Waals surface area contributed by atoms with Crippen molar-refractivity contribution in [2.24, 2.45) is 11.3 Å². The summed E-state index contributed by atoms with van der Waals surface area (Å²) in [6, 6.07) is 0. The minimum Gasteiger partial charge on any atom is -0.346 e. The van der Waals surface area contributed by atoms with Crippen molar-refractivity contribution in [1.82, 2.24) is 4.90 Å². The van der Waals surface area contributed by atoms with Gasteiger partial charge in [-0.2, -0.15) is 0 Å². The largest absolute Gasteiger partial charge is 0.346 e. The first-order valence-electron chi connectivity index (χ1n) is 5.26. The molecule has 76 valence electrons. The first-order valence-corrected chi connectivity index (χ1v) is 5.26. The summed E-state index contributed by atoms with van der Waals surface area (Å²) in [7, 11) is 1.89. The van der Waals surface area contributed by atoms with Crippen LogP contribution in [0.1, 0.15) is 40.0 Å². The van der Waals surface area contributed by atoms with E-state index in [9.17, 15) is 4.79 Å². The molecular weight excluding hydrogens is 162 g/mol. The Hall–Kier alpha value is -0.530. The summed E-state index contributed by atoms with van der Waals surface area (Å²) in [5.41, 5.74) is 0.362. The van der Waals surface area contributed by atoms with Gasteiger partial charge in [-0.15, -0.1) is 0 Å². The second-order valence-electron chi connectivity index (χ2n) is 4.60. The van der Waals surface area contributed by atoms with Gasteiger partial charge in [0.1, 0.15) is 0 Å². The molecule has 0 aromatic heterocycles. The van der Waals surface area contributed by atoms with Gasteiger partial charge in [0.15, 0.2) is 0 Å². The van der Waals surface area contributed by atoms with Crippen LogP contribution in [0.3, 0.4) is 0 Å². The second kappa shape index (κ2) is 3.69. The lowest BCUT2D eigenvalue weighted by atomic mass is 9.88. The lowest BCUT2D eigenvalue weighted by molar-refractivity contribution is -0.131. The van der Waals surface area contributed by atoms with E-state index < -0.39 is 0 Å². The van der Waals surface area contributed by atoms with Crippen molar-refractivity contribution in [2.75, 3.05) is 13.6 Å². The molecule has 0 atom stereocenters. The van der Waals surface area contributed by atoms with Gasteiger partial charge in [0.05, 0.1) is 0 Å². The highest BCUT2D eigenvalue weighted by molar-refractivity contribution is 5.77. The highest BCUT2D eigenvalue weighted by atomic mass is 16.2. The lowest BCUT2D eigenvalue weighted by Gasteiger charge is -2.22. The Morgan fingerprint density at radius 1 is 1.46 bits per heavy atom.